The first-order chi connectivity index (χ1) is 17.9. The van der Waals surface area contributed by atoms with Gasteiger partial charge in [0.15, 0.2) is 11.5 Å². The number of amides is 2. The van der Waals surface area contributed by atoms with E-state index in [1.165, 1.54) is 4.90 Å². The Bertz CT molecular complexity index is 1550. The summed E-state index contributed by atoms with van der Waals surface area (Å²) in [7, 11) is 1.55. The Morgan fingerprint density at radius 3 is 2.51 bits per heavy atom. The van der Waals surface area contributed by atoms with Gasteiger partial charge < -0.3 is 9.47 Å². The monoisotopic (exact) mass is 593 g/mol. The molecule has 5 nitrogen and oxygen atoms in total. The molecule has 0 atom stereocenters. The van der Waals surface area contributed by atoms with Crippen molar-refractivity contribution in [3.05, 3.63) is 110 Å². The number of imide groups is 1. The van der Waals surface area contributed by atoms with Crippen LogP contribution in [0.3, 0.4) is 0 Å². The van der Waals surface area contributed by atoms with Crippen LogP contribution in [0, 0.1) is 0 Å². The van der Waals surface area contributed by atoms with E-state index in [4.69, 9.17) is 21.1 Å². The number of fused-ring (bicyclic) bond motifs is 1. The molecule has 0 aliphatic carbocycles. The molecule has 0 bridgehead atoms. The van der Waals surface area contributed by atoms with Crippen LogP contribution in [0.2, 0.25) is 5.02 Å². The smallest absolute Gasteiger partial charge is 0.293 e. The Hall–Kier alpha value is -3.26. The largest absolute Gasteiger partial charge is 0.493 e. The van der Waals surface area contributed by atoms with Gasteiger partial charge in [0.05, 0.1) is 23.0 Å². The minimum Gasteiger partial charge on any atom is -0.493 e. The van der Waals surface area contributed by atoms with E-state index in [-0.39, 0.29) is 24.3 Å². The molecule has 5 rings (SSSR count). The van der Waals surface area contributed by atoms with E-state index in [2.05, 4.69) is 15.9 Å². The van der Waals surface area contributed by atoms with Gasteiger partial charge in [0, 0.05) is 10.6 Å². The SMILES string of the molecule is COc1cc(/C=C2/SC(=O)N(Cc3cccc4ccccc34)C2=O)cc(Br)c1OCc1ccccc1Cl. The van der Waals surface area contributed by atoms with Crippen LogP contribution in [0.1, 0.15) is 16.7 Å². The van der Waals surface area contributed by atoms with Gasteiger partial charge in [-0.05, 0) is 73.9 Å². The highest BCUT2D eigenvalue weighted by atomic mass is 79.9. The lowest BCUT2D eigenvalue weighted by atomic mass is 10.0. The van der Waals surface area contributed by atoms with Crippen LogP contribution < -0.4 is 9.47 Å². The van der Waals surface area contributed by atoms with Gasteiger partial charge in [-0.2, -0.15) is 0 Å². The van der Waals surface area contributed by atoms with Crippen molar-refractivity contribution < 1.29 is 19.1 Å². The number of nitrogens with zero attached hydrogens (tertiary/aromatic N) is 1. The van der Waals surface area contributed by atoms with Gasteiger partial charge in [-0.25, -0.2) is 0 Å². The van der Waals surface area contributed by atoms with Crippen molar-refractivity contribution in [3.63, 3.8) is 0 Å². The molecule has 0 saturated carbocycles. The average Bonchev–Trinajstić information content (AvgIpc) is 3.16. The number of hydrogen-bond acceptors (Lipinski definition) is 5. The maximum atomic E-state index is 13.2. The Morgan fingerprint density at radius 2 is 1.70 bits per heavy atom. The third-order valence-corrected chi connectivity index (χ3v) is 7.83. The van der Waals surface area contributed by atoms with Crippen LogP contribution in [0.25, 0.3) is 16.8 Å². The second-order valence-electron chi connectivity index (χ2n) is 8.32. The minimum atomic E-state index is -0.322. The van der Waals surface area contributed by atoms with E-state index in [1.807, 2.05) is 72.8 Å². The normalized spacial score (nSPS) is 14.6. The van der Waals surface area contributed by atoms with Crippen LogP contribution in [0.5, 0.6) is 11.5 Å². The summed E-state index contributed by atoms with van der Waals surface area (Å²) in [6.45, 7) is 0.478. The van der Waals surface area contributed by atoms with Gasteiger partial charge >= 0.3 is 0 Å². The lowest BCUT2D eigenvalue weighted by Crippen LogP contribution is -2.27. The highest BCUT2D eigenvalue weighted by Gasteiger charge is 2.35. The number of rotatable bonds is 7. The number of ether oxygens (including phenoxy) is 2. The van der Waals surface area contributed by atoms with E-state index < -0.39 is 0 Å². The molecule has 1 saturated heterocycles. The molecule has 0 aromatic heterocycles. The molecule has 8 heteroatoms. The van der Waals surface area contributed by atoms with E-state index in [0.29, 0.717) is 31.5 Å². The van der Waals surface area contributed by atoms with Gasteiger partial charge in [-0.1, -0.05) is 72.3 Å². The summed E-state index contributed by atoms with van der Waals surface area (Å²) in [5, 5.41) is 2.41. The fraction of sp³-hybridized carbons (Fsp3) is 0.103. The van der Waals surface area contributed by atoms with Gasteiger partial charge in [0.2, 0.25) is 0 Å². The zero-order valence-electron chi connectivity index (χ0n) is 19.7. The molecule has 186 valence electrons. The molecule has 0 N–H and O–H groups in total. The third-order valence-electron chi connectivity index (χ3n) is 5.96. The molecule has 0 unspecified atom stereocenters. The van der Waals surface area contributed by atoms with Crippen molar-refractivity contribution in [2.45, 2.75) is 13.2 Å². The van der Waals surface area contributed by atoms with Crippen LogP contribution in [-0.2, 0) is 17.9 Å². The summed E-state index contributed by atoms with van der Waals surface area (Å²) in [6.07, 6.45) is 1.69. The molecule has 0 radical (unpaired) electrons. The zero-order valence-corrected chi connectivity index (χ0v) is 22.9. The molecule has 1 aliphatic rings. The van der Waals surface area contributed by atoms with E-state index in [9.17, 15) is 9.59 Å². The Labute approximate surface area is 232 Å². The minimum absolute atomic E-state index is 0.213. The quantitative estimate of drug-likeness (QED) is 0.203. The van der Waals surface area contributed by atoms with Gasteiger partial charge in [0.25, 0.3) is 11.1 Å². The third kappa shape index (κ3) is 5.39. The molecule has 4 aromatic rings. The summed E-state index contributed by atoms with van der Waals surface area (Å²) in [5.74, 6) is 0.684. The number of thioether (sulfide) groups is 1. The molecular formula is C29H21BrClNO4S. The van der Waals surface area contributed by atoms with Crippen molar-refractivity contribution in [1.82, 2.24) is 4.90 Å². The van der Waals surface area contributed by atoms with Crippen LogP contribution >= 0.6 is 39.3 Å². The highest BCUT2D eigenvalue weighted by molar-refractivity contribution is 9.10. The summed E-state index contributed by atoms with van der Waals surface area (Å²) in [6, 6.07) is 24.9. The van der Waals surface area contributed by atoms with Crippen molar-refractivity contribution in [2.75, 3.05) is 7.11 Å². The first-order valence-corrected chi connectivity index (χ1v) is 13.4. The fourth-order valence-corrected chi connectivity index (χ4v) is 5.72. The first-order valence-electron chi connectivity index (χ1n) is 11.4. The van der Waals surface area contributed by atoms with E-state index >= 15 is 0 Å². The van der Waals surface area contributed by atoms with Crippen LogP contribution in [0.15, 0.2) is 88.2 Å². The predicted molar refractivity (Wildman–Crippen MR) is 152 cm³/mol. The van der Waals surface area contributed by atoms with E-state index in [1.54, 1.807) is 19.3 Å². The standard InChI is InChI=1S/C29H21BrClNO4S/c1-35-25-14-18(13-23(30)27(25)36-17-21-8-3-5-12-24(21)31)15-26-28(33)32(29(34)37-26)16-20-10-6-9-19-7-2-4-11-22(19)20/h2-15H,16-17H2,1H3/b26-15+. The van der Waals surface area contributed by atoms with Crippen molar-refractivity contribution >= 4 is 67.3 Å². The Balaban J connectivity index is 1.37. The topological polar surface area (TPSA) is 55.8 Å². The highest BCUT2D eigenvalue weighted by Crippen LogP contribution is 2.40. The van der Waals surface area contributed by atoms with Crippen LogP contribution in [0.4, 0.5) is 4.79 Å². The zero-order chi connectivity index (χ0) is 25.9. The maximum Gasteiger partial charge on any atom is 0.293 e. The predicted octanol–water partition coefficient (Wildman–Crippen LogP) is 8.08. The molecule has 37 heavy (non-hydrogen) atoms. The molecule has 4 aromatic carbocycles. The molecule has 2 amide bonds. The maximum absolute atomic E-state index is 13.2. The summed E-state index contributed by atoms with van der Waals surface area (Å²) in [4.78, 5) is 27.6. The Kier molecular flexibility index (Phi) is 7.55. The number of carbonyl (C=O) groups is 2. The second-order valence-corrected chi connectivity index (χ2v) is 10.6. The summed E-state index contributed by atoms with van der Waals surface area (Å²) < 4.78 is 12.2. The lowest BCUT2D eigenvalue weighted by molar-refractivity contribution is -0.123. The van der Waals surface area contributed by atoms with Crippen LogP contribution in [-0.4, -0.2) is 23.2 Å². The molecule has 1 fully saturated rings. The van der Waals surface area contributed by atoms with Crippen molar-refractivity contribution in [1.29, 1.82) is 0 Å². The molecule has 1 aliphatic heterocycles. The molecular weight excluding hydrogens is 574 g/mol. The van der Waals surface area contributed by atoms with Gasteiger partial charge in [-0.15, -0.1) is 0 Å². The van der Waals surface area contributed by atoms with Gasteiger partial charge in [-0.3, -0.25) is 14.5 Å². The number of carbonyl (C=O) groups excluding carboxylic acids is 2. The fourth-order valence-electron chi connectivity index (χ4n) is 4.12. The number of methoxy groups -OCH3 is 1. The number of hydrogen-bond donors (Lipinski definition) is 0. The van der Waals surface area contributed by atoms with E-state index in [0.717, 1.165) is 33.7 Å². The van der Waals surface area contributed by atoms with Crippen molar-refractivity contribution in [2.24, 2.45) is 0 Å². The number of halogens is 2. The van der Waals surface area contributed by atoms with Gasteiger partial charge in [0.1, 0.15) is 6.61 Å². The summed E-state index contributed by atoms with van der Waals surface area (Å²) >= 11 is 10.7. The molecule has 0 spiro atoms. The second kappa shape index (κ2) is 11.0. The average molecular weight is 595 g/mol. The lowest BCUT2D eigenvalue weighted by Gasteiger charge is -2.15. The Morgan fingerprint density at radius 1 is 0.973 bits per heavy atom. The summed E-state index contributed by atoms with van der Waals surface area (Å²) in [5.41, 5.74) is 2.47. The molecule has 1 heterocycles. The van der Waals surface area contributed by atoms with Crippen molar-refractivity contribution in [3.8, 4) is 11.5 Å². The number of benzene rings is 4. The first kappa shape index (κ1) is 25.4.